The Morgan fingerprint density at radius 3 is 2.74 bits per heavy atom. The number of carbonyl (C=O) groups excluding carboxylic acids is 1. The van der Waals surface area contributed by atoms with Crippen molar-refractivity contribution in [2.75, 3.05) is 25.1 Å². The van der Waals surface area contributed by atoms with Crippen LogP contribution in [0, 0.1) is 0 Å². The molecule has 1 fully saturated rings. The van der Waals surface area contributed by atoms with E-state index in [1.165, 1.54) is 0 Å². The van der Waals surface area contributed by atoms with Gasteiger partial charge in [-0.1, -0.05) is 5.16 Å². The topological polar surface area (TPSA) is 84.8 Å². The van der Waals surface area contributed by atoms with Crippen LogP contribution in [0.3, 0.4) is 0 Å². The second-order valence-electron chi connectivity index (χ2n) is 6.33. The van der Waals surface area contributed by atoms with Crippen LogP contribution in [0.15, 0.2) is 51.6 Å². The standard InChI is InChI=1S/C19H20N4O4/c1-13-19(24)23(14-5-7-15(25-2)8-6-14)10-9-22(13)12-17-20-18(27-21-17)16-4-3-11-26-16/h3-8,11,13H,9-10,12H2,1-2H3. The van der Waals surface area contributed by atoms with Gasteiger partial charge in [0.1, 0.15) is 5.75 Å². The van der Waals surface area contributed by atoms with Crippen molar-refractivity contribution >= 4 is 11.6 Å². The molecule has 2 aromatic heterocycles. The maximum absolute atomic E-state index is 12.8. The maximum atomic E-state index is 12.8. The van der Waals surface area contributed by atoms with Crippen molar-refractivity contribution in [1.82, 2.24) is 15.0 Å². The Morgan fingerprint density at radius 2 is 2.04 bits per heavy atom. The van der Waals surface area contributed by atoms with Crippen LogP contribution in [0.2, 0.25) is 0 Å². The quantitative estimate of drug-likeness (QED) is 0.684. The fourth-order valence-electron chi connectivity index (χ4n) is 3.15. The van der Waals surface area contributed by atoms with Gasteiger partial charge in [-0.05, 0) is 43.3 Å². The molecule has 3 heterocycles. The second-order valence-corrected chi connectivity index (χ2v) is 6.33. The molecule has 1 aliphatic heterocycles. The van der Waals surface area contributed by atoms with E-state index in [0.717, 1.165) is 11.4 Å². The SMILES string of the molecule is COc1ccc(N2CCN(Cc3noc(-c4ccco4)n3)C(C)C2=O)cc1. The first-order chi connectivity index (χ1) is 13.2. The van der Waals surface area contributed by atoms with E-state index < -0.39 is 0 Å². The summed E-state index contributed by atoms with van der Waals surface area (Å²) in [7, 11) is 1.62. The molecule has 0 bridgehead atoms. The number of nitrogens with zero attached hydrogens (tertiary/aromatic N) is 4. The molecule has 0 aliphatic carbocycles. The van der Waals surface area contributed by atoms with Gasteiger partial charge in [-0.15, -0.1) is 0 Å². The number of anilines is 1. The highest BCUT2D eigenvalue weighted by Crippen LogP contribution is 2.24. The fourth-order valence-corrected chi connectivity index (χ4v) is 3.15. The predicted octanol–water partition coefficient (Wildman–Crippen LogP) is 2.58. The summed E-state index contributed by atoms with van der Waals surface area (Å²) >= 11 is 0. The number of furan rings is 1. The first-order valence-corrected chi connectivity index (χ1v) is 8.71. The third kappa shape index (κ3) is 3.43. The summed E-state index contributed by atoms with van der Waals surface area (Å²) in [5, 5.41) is 4.00. The van der Waals surface area contributed by atoms with E-state index in [2.05, 4.69) is 10.1 Å². The van der Waals surface area contributed by atoms with Crippen LogP contribution in [0.5, 0.6) is 5.75 Å². The Kier molecular flexibility index (Phi) is 4.64. The molecule has 0 N–H and O–H groups in total. The van der Waals surface area contributed by atoms with Crippen LogP contribution < -0.4 is 9.64 Å². The Balaban J connectivity index is 1.43. The number of carbonyl (C=O) groups is 1. The second kappa shape index (κ2) is 7.24. The van der Waals surface area contributed by atoms with Crippen molar-refractivity contribution in [1.29, 1.82) is 0 Å². The third-order valence-corrected chi connectivity index (χ3v) is 4.71. The molecule has 140 valence electrons. The number of piperazine rings is 1. The summed E-state index contributed by atoms with van der Waals surface area (Å²) < 4.78 is 15.7. The molecule has 1 saturated heterocycles. The molecule has 1 aromatic carbocycles. The number of hydrogen-bond donors (Lipinski definition) is 0. The molecular formula is C19H20N4O4. The van der Waals surface area contributed by atoms with Crippen LogP contribution in [-0.4, -0.2) is 47.2 Å². The first-order valence-electron chi connectivity index (χ1n) is 8.71. The zero-order chi connectivity index (χ0) is 18.8. The lowest BCUT2D eigenvalue weighted by Crippen LogP contribution is -2.55. The highest BCUT2D eigenvalue weighted by atomic mass is 16.5. The van der Waals surface area contributed by atoms with Gasteiger partial charge >= 0.3 is 0 Å². The highest BCUT2D eigenvalue weighted by Gasteiger charge is 2.33. The summed E-state index contributed by atoms with van der Waals surface area (Å²) in [6.07, 6.45) is 1.55. The van der Waals surface area contributed by atoms with Gasteiger partial charge < -0.3 is 18.6 Å². The van der Waals surface area contributed by atoms with Gasteiger partial charge in [0.15, 0.2) is 11.6 Å². The summed E-state index contributed by atoms with van der Waals surface area (Å²) in [4.78, 5) is 21.0. The van der Waals surface area contributed by atoms with Gasteiger partial charge in [-0.25, -0.2) is 0 Å². The van der Waals surface area contributed by atoms with Gasteiger partial charge in [0.25, 0.3) is 5.89 Å². The molecule has 27 heavy (non-hydrogen) atoms. The summed E-state index contributed by atoms with van der Waals surface area (Å²) in [6.45, 7) is 3.64. The molecule has 0 spiro atoms. The molecule has 4 rings (SSSR count). The maximum Gasteiger partial charge on any atom is 0.293 e. The smallest absolute Gasteiger partial charge is 0.293 e. The molecule has 1 atom stereocenters. The largest absolute Gasteiger partial charge is 0.497 e. The lowest BCUT2D eigenvalue weighted by atomic mass is 10.1. The Labute approximate surface area is 156 Å². The number of methoxy groups -OCH3 is 1. The summed E-state index contributed by atoms with van der Waals surface area (Å²) in [6, 6.07) is 10.7. The number of rotatable bonds is 5. The molecule has 1 aliphatic rings. The first kappa shape index (κ1) is 17.3. The van der Waals surface area contributed by atoms with Crippen LogP contribution in [0.1, 0.15) is 12.7 Å². The number of benzene rings is 1. The Bertz CT molecular complexity index is 904. The average molecular weight is 368 g/mol. The Morgan fingerprint density at radius 1 is 1.22 bits per heavy atom. The van der Waals surface area contributed by atoms with Gasteiger partial charge in [0, 0.05) is 18.8 Å². The molecule has 0 saturated carbocycles. The predicted molar refractivity (Wildman–Crippen MR) is 97.2 cm³/mol. The molecule has 1 amide bonds. The number of hydrogen-bond acceptors (Lipinski definition) is 7. The van der Waals surface area contributed by atoms with Gasteiger partial charge in [0.05, 0.1) is 26.0 Å². The van der Waals surface area contributed by atoms with Crippen molar-refractivity contribution in [3.05, 3.63) is 48.5 Å². The minimum absolute atomic E-state index is 0.0427. The normalized spacial score (nSPS) is 18.1. The van der Waals surface area contributed by atoms with Crippen molar-refractivity contribution in [2.45, 2.75) is 19.5 Å². The molecule has 3 aromatic rings. The molecule has 8 heteroatoms. The number of ether oxygens (including phenoxy) is 1. The molecule has 8 nitrogen and oxygen atoms in total. The minimum Gasteiger partial charge on any atom is -0.497 e. The van der Waals surface area contributed by atoms with E-state index in [0.29, 0.717) is 37.1 Å². The van der Waals surface area contributed by atoms with Crippen LogP contribution in [0.4, 0.5) is 5.69 Å². The summed E-state index contributed by atoms with van der Waals surface area (Å²) in [5.74, 6) is 2.20. The van der Waals surface area contributed by atoms with Crippen molar-refractivity contribution in [3.63, 3.8) is 0 Å². The van der Waals surface area contributed by atoms with Gasteiger partial charge in [-0.2, -0.15) is 4.98 Å². The van der Waals surface area contributed by atoms with E-state index in [-0.39, 0.29) is 11.9 Å². The monoisotopic (exact) mass is 368 g/mol. The van der Waals surface area contributed by atoms with Gasteiger partial charge in [-0.3, -0.25) is 9.69 Å². The number of aromatic nitrogens is 2. The molecule has 0 radical (unpaired) electrons. The van der Waals surface area contributed by atoms with Crippen LogP contribution in [0.25, 0.3) is 11.7 Å². The summed E-state index contributed by atoms with van der Waals surface area (Å²) in [5.41, 5.74) is 0.868. The van der Waals surface area contributed by atoms with Crippen molar-refractivity contribution in [3.8, 4) is 17.4 Å². The van der Waals surface area contributed by atoms with E-state index >= 15 is 0 Å². The van der Waals surface area contributed by atoms with Crippen molar-refractivity contribution in [2.24, 2.45) is 0 Å². The van der Waals surface area contributed by atoms with Crippen LogP contribution >= 0.6 is 0 Å². The minimum atomic E-state index is -0.286. The van der Waals surface area contributed by atoms with E-state index in [1.54, 1.807) is 30.4 Å². The average Bonchev–Trinajstić information content (AvgIpc) is 3.37. The Hall–Kier alpha value is -3.13. The van der Waals surface area contributed by atoms with Crippen LogP contribution in [-0.2, 0) is 11.3 Å². The zero-order valence-corrected chi connectivity index (χ0v) is 15.2. The molecular weight excluding hydrogens is 348 g/mol. The van der Waals surface area contributed by atoms with E-state index in [4.69, 9.17) is 13.7 Å². The van der Waals surface area contributed by atoms with E-state index in [9.17, 15) is 4.79 Å². The fraction of sp³-hybridized carbons (Fsp3) is 0.316. The zero-order valence-electron chi connectivity index (χ0n) is 15.2. The highest BCUT2D eigenvalue weighted by molar-refractivity contribution is 5.97. The van der Waals surface area contributed by atoms with Crippen molar-refractivity contribution < 1.29 is 18.5 Å². The lowest BCUT2D eigenvalue weighted by molar-refractivity contribution is -0.125. The molecule has 1 unspecified atom stereocenters. The van der Waals surface area contributed by atoms with E-state index in [1.807, 2.05) is 36.1 Å². The third-order valence-electron chi connectivity index (χ3n) is 4.71. The number of amides is 1. The van der Waals surface area contributed by atoms with Gasteiger partial charge in [0.2, 0.25) is 5.91 Å². The lowest BCUT2D eigenvalue weighted by Gasteiger charge is -2.38.